The van der Waals surface area contributed by atoms with Crippen LogP contribution in [0.5, 0.6) is 0 Å². The summed E-state index contributed by atoms with van der Waals surface area (Å²) in [7, 11) is -3.68. The first-order valence-electron chi connectivity index (χ1n) is 6.04. The number of nitrogens with one attached hydrogen (secondary N) is 1. The third-order valence-corrected chi connectivity index (χ3v) is 4.41. The fraction of sp³-hybridized carbons (Fsp3) is 0.538. The number of aliphatic hydroxyl groups is 1. The number of aliphatic hydroxyl groups excluding tert-OH is 1. The third kappa shape index (κ3) is 5.48. The van der Waals surface area contributed by atoms with E-state index >= 15 is 0 Å². The van der Waals surface area contributed by atoms with Crippen LogP contribution in [0.15, 0.2) is 29.2 Å². The fourth-order valence-corrected chi connectivity index (χ4v) is 3.32. The Morgan fingerprint density at radius 2 is 1.89 bits per heavy atom. The Morgan fingerprint density at radius 3 is 2.42 bits per heavy atom. The Kier molecular flexibility index (Phi) is 5.38. The van der Waals surface area contributed by atoms with E-state index in [1.54, 1.807) is 12.1 Å². The van der Waals surface area contributed by atoms with Gasteiger partial charge in [-0.1, -0.05) is 44.5 Å². The molecule has 0 aliphatic rings. The van der Waals surface area contributed by atoms with Crippen molar-refractivity contribution >= 4 is 21.6 Å². The van der Waals surface area contributed by atoms with Crippen molar-refractivity contribution in [3.8, 4) is 0 Å². The number of halogens is 1. The molecule has 0 aliphatic heterocycles. The zero-order chi connectivity index (χ0) is 14.7. The van der Waals surface area contributed by atoms with E-state index in [0.717, 1.165) is 0 Å². The Morgan fingerprint density at radius 1 is 1.32 bits per heavy atom. The first-order chi connectivity index (χ1) is 8.62. The van der Waals surface area contributed by atoms with Gasteiger partial charge in [-0.25, -0.2) is 13.1 Å². The van der Waals surface area contributed by atoms with Gasteiger partial charge in [0.25, 0.3) is 0 Å². The molecule has 1 atom stereocenters. The second kappa shape index (κ2) is 6.22. The minimum absolute atomic E-state index is 0.0230. The smallest absolute Gasteiger partial charge is 0.242 e. The van der Waals surface area contributed by atoms with Crippen molar-refractivity contribution in [2.75, 3.05) is 6.54 Å². The van der Waals surface area contributed by atoms with Crippen LogP contribution in [0.4, 0.5) is 0 Å². The molecule has 1 aromatic rings. The summed E-state index contributed by atoms with van der Waals surface area (Å²) < 4.78 is 26.4. The summed E-state index contributed by atoms with van der Waals surface area (Å²) in [4.78, 5) is 0.0274. The largest absolute Gasteiger partial charge is 0.392 e. The molecule has 19 heavy (non-hydrogen) atoms. The van der Waals surface area contributed by atoms with E-state index in [-0.39, 0.29) is 21.9 Å². The molecule has 1 aromatic carbocycles. The van der Waals surface area contributed by atoms with Crippen LogP contribution in [-0.4, -0.2) is 26.2 Å². The van der Waals surface area contributed by atoms with Crippen molar-refractivity contribution in [1.29, 1.82) is 0 Å². The molecule has 0 saturated carbocycles. The highest BCUT2D eigenvalue weighted by Crippen LogP contribution is 2.22. The number of benzene rings is 1. The monoisotopic (exact) mass is 305 g/mol. The molecule has 1 unspecified atom stereocenters. The highest BCUT2D eigenvalue weighted by Gasteiger charge is 2.21. The maximum Gasteiger partial charge on any atom is 0.242 e. The molecule has 0 bridgehead atoms. The van der Waals surface area contributed by atoms with Crippen LogP contribution in [0.25, 0.3) is 0 Å². The minimum Gasteiger partial charge on any atom is -0.392 e. The van der Waals surface area contributed by atoms with Gasteiger partial charge in [-0.2, -0.15) is 0 Å². The van der Waals surface area contributed by atoms with Gasteiger partial charge < -0.3 is 5.11 Å². The summed E-state index contributed by atoms with van der Waals surface area (Å²) in [6.45, 7) is 5.93. The molecule has 0 radical (unpaired) electrons. The van der Waals surface area contributed by atoms with Gasteiger partial charge in [-0.05, 0) is 24.0 Å². The van der Waals surface area contributed by atoms with Gasteiger partial charge in [0.05, 0.1) is 11.1 Å². The second-order valence-corrected chi connectivity index (χ2v) is 7.84. The molecular formula is C13H20ClNO3S. The second-order valence-electron chi connectivity index (χ2n) is 5.70. The van der Waals surface area contributed by atoms with E-state index in [1.165, 1.54) is 12.1 Å². The van der Waals surface area contributed by atoms with Crippen LogP contribution < -0.4 is 4.72 Å². The van der Waals surface area contributed by atoms with Crippen LogP contribution in [0, 0.1) is 5.41 Å². The van der Waals surface area contributed by atoms with Crippen LogP contribution in [0.1, 0.15) is 27.2 Å². The van der Waals surface area contributed by atoms with Crippen molar-refractivity contribution in [2.45, 2.75) is 38.2 Å². The van der Waals surface area contributed by atoms with Crippen molar-refractivity contribution in [2.24, 2.45) is 5.41 Å². The Hall–Kier alpha value is -0.620. The number of rotatable bonds is 5. The average molecular weight is 306 g/mol. The number of hydrogen-bond donors (Lipinski definition) is 2. The van der Waals surface area contributed by atoms with Gasteiger partial charge in [0.1, 0.15) is 4.90 Å². The summed E-state index contributed by atoms with van der Waals surface area (Å²) in [6, 6.07) is 6.21. The SMILES string of the molecule is CC(C)(C)CC(O)CNS(=O)(=O)c1ccccc1Cl. The Labute approximate surface area is 119 Å². The summed E-state index contributed by atoms with van der Waals surface area (Å²) in [5, 5.41) is 9.97. The molecule has 0 saturated heterocycles. The first-order valence-corrected chi connectivity index (χ1v) is 7.90. The lowest BCUT2D eigenvalue weighted by atomic mass is 9.89. The molecule has 108 valence electrons. The molecule has 0 aliphatic carbocycles. The molecule has 0 spiro atoms. The summed E-state index contributed by atoms with van der Waals surface area (Å²) in [5.74, 6) is 0. The molecule has 0 amide bonds. The normalized spacial score (nSPS) is 14.4. The number of hydrogen-bond acceptors (Lipinski definition) is 3. The van der Waals surface area contributed by atoms with Crippen LogP contribution in [-0.2, 0) is 10.0 Å². The van der Waals surface area contributed by atoms with E-state index in [2.05, 4.69) is 4.72 Å². The van der Waals surface area contributed by atoms with Gasteiger partial charge >= 0.3 is 0 Å². The van der Waals surface area contributed by atoms with E-state index in [0.29, 0.717) is 6.42 Å². The molecule has 0 heterocycles. The summed E-state index contributed by atoms with van der Waals surface area (Å²) in [5.41, 5.74) is -0.0603. The molecule has 4 nitrogen and oxygen atoms in total. The van der Waals surface area contributed by atoms with E-state index in [4.69, 9.17) is 11.6 Å². The lowest BCUT2D eigenvalue weighted by Gasteiger charge is -2.22. The van der Waals surface area contributed by atoms with Gasteiger partial charge in [0, 0.05) is 6.54 Å². The van der Waals surface area contributed by atoms with Crippen LogP contribution in [0.3, 0.4) is 0 Å². The lowest BCUT2D eigenvalue weighted by Crippen LogP contribution is -2.34. The molecule has 1 rings (SSSR count). The van der Waals surface area contributed by atoms with Gasteiger partial charge in [0.2, 0.25) is 10.0 Å². The Bertz CT molecular complexity index is 523. The highest BCUT2D eigenvalue weighted by atomic mass is 35.5. The minimum atomic E-state index is -3.68. The van der Waals surface area contributed by atoms with Gasteiger partial charge in [-0.3, -0.25) is 0 Å². The average Bonchev–Trinajstić information content (AvgIpc) is 2.24. The molecule has 6 heteroatoms. The maximum atomic E-state index is 12.0. The zero-order valence-corrected chi connectivity index (χ0v) is 12.9. The molecular weight excluding hydrogens is 286 g/mol. The highest BCUT2D eigenvalue weighted by molar-refractivity contribution is 7.89. The summed E-state index contributed by atoms with van der Waals surface area (Å²) in [6.07, 6.45) is -0.213. The predicted molar refractivity (Wildman–Crippen MR) is 76.7 cm³/mol. The first kappa shape index (κ1) is 16.4. The van der Waals surface area contributed by atoms with E-state index in [1.807, 2.05) is 20.8 Å². The van der Waals surface area contributed by atoms with Crippen molar-refractivity contribution in [3.63, 3.8) is 0 Å². The van der Waals surface area contributed by atoms with Gasteiger partial charge in [0.15, 0.2) is 0 Å². The summed E-state index contributed by atoms with van der Waals surface area (Å²) >= 11 is 5.85. The Balaban J connectivity index is 2.70. The maximum absolute atomic E-state index is 12.0. The molecule has 2 N–H and O–H groups in total. The van der Waals surface area contributed by atoms with Crippen LogP contribution in [0.2, 0.25) is 5.02 Å². The zero-order valence-electron chi connectivity index (χ0n) is 11.4. The lowest BCUT2D eigenvalue weighted by molar-refractivity contribution is 0.125. The van der Waals surface area contributed by atoms with E-state index < -0.39 is 16.1 Å². The molecule has 0 fully saturated rings. The topological polar surface area (TPSA) is 66.4 Å². The standard InChI is InChI=1S/C13H20ClNO3S/c1-13(2,3)8-10(16)9-15-19(17,18)12-7-5-4-6-11(12)14/h4-7,10,15-16H,8-9H2,1-3H3. The van der Waals surface area contributed by atoms with Gasteiger partial charge in [-0.15, -0.1) is 0 Å². The molecule has 0 aromatic heterocycles. The van der Waals surface area contributed by atoms with Crippen molar-refractivity contribution < 1.29 is 13.5 Å². The predicted octanol–water partition coefficient (Wildman–Crippen LogP) is 2.42. The van der Waals surface area contributed by atoms with E-state index in [9.17, 15) is 13.5 Å². The van der Waals surface area contributed by atoms with Crippen molar-refractivity contribution in [3.05, 3.63) is 29.3 Å². The number of sulfonamides is 1. The fourth-order valence-electron chi connectivity index (χ4n) is 1.73. The third-order valence-electron chi connectivity index (χ3n) is 2.48. The van der Waals surface area contributed by atoms with Crippen LogP contribution >= 0.6 is 11.6 Å². The quantitative estimate of drug-likeness (QED) is 0.878. The van der Waals surface area contributed by atoms with Crippen molar-refractivity contribution in [1.82, 2.24) is 4.72 Å².